The number of hydrogen-bond acceptors (Lipinski definition) is 1. The molecule has 0 spiro atoms. The summed E-state index contributed by atoms with van der Waals surface area (Å²) in [4.78, 5) is 2.11. The number of unbranched alkanes of at least 4 members (excludes halogenated alkanes) is 2. The van der Waals surface area contributed by atoms with Crippen LogP contribution < -0.4 is 9.47 Å². The first kappa shape index (κ1) is 27.2. The zero-order valence-electron chi connectivity index (χ0n) is 18.9. The van der Waals surface area contributed by atoms with E-state index in [0.717, 1.165) is 25.8 Å². The van der Waals surface area contributed by atoms with Gasteiger partial charge in [-0.2, -0.15) is 4.57 Å². The van der Waals surface area contributed by atoms with Crippen LogP contribution >= 0.6 is 7.81 Å². The minimum absolute atomic E-state index is 0.853. The number of hydrogen-bond donors (Lipinski definition) is 0. The van der Waals surface area contributed by atoms with E-state index in [0.29, 0.717) is 0 Å². The van der Waals surface area contributed by atoms with Crippen LogP contribution in [0.2, 0.25) is 0 Å². The van der Waals surface area contributed by atoms with Gasteiger partial charge in [-0.1, -0.05) is 36.4 Å². The Morgan fingerprint density at radius 2 is 1.50 bits per heavy atom. The van der Waals surface area contributed by atoms with Gasteiger partial charge in [0.2, 0.25) is 5.52 Å². The van der Waals surface area contributed by atoms with E-state index >= 15 is 0 Å². The van der Waals surface area contributed by atoms with Crippen LogP contribution in [0.3, 0.4) is 0 Å². The van der Waals surface area contributed by atoms with Crippen LogP contribution in [-0.4, -0.2) is 14.1 Å². The summed E-state index contributed by atoms with van der Waals surface area (Å²) in [6, 6.07) is 19.4. The molecule has 1 heterocycles. The number of rotatable bonds is 7. The van der Waals surface area contributed by atoms with Crippen LogP contribution in [0.4, 0.5) is 30.9 Å². The van der Waals surface area contributed by atoms with Gasteiger partial charge < -0.3 is 4.90 Å². The van der Waals surface area contributed by atoms with Crippen molar-refractivity contribution in [1.29, 1.82) is 0 Å². The van der Waals surface area contributed by atoms with Gasteiger partial charge in [0.25, 0.3) is 0 Å². The minimum atomic E-state index is -10.7. The third-order valence-electron chi connectivity index (χ3n) is 4.79. The molecule has 0 saturated carbocycles. The number of nitrogens with zero attached hydrogens (tertiary/aromatic N) is 2. The quantitative estimate of drug-likeness (QED) is 0.104. The fourth-order valence-corrected chi connectivity index (χ4v) is 3.23. The zero-order chi connectivity index (χ0) is 25.5. The third-order valence-corrected chi connectivity index (χ3v) is 4.79. The molecule has 184 valence electrons. The molecule has 0 fully saturated rings. The Morgan fingerprint density at radius 3 is 2.09 bits per heavy atom. The molecular weight excluding hydrogens is 473 g/mol. The number of aryl methyl sites for hydroxylation is 1. The van der Waals surface area contributed by atoms with Crippen molar-refractivity contribution in [3.63, 3.8) is 0 Å². The monoisotopic (exact) mass is 500 g/mol. The summed E-state index contributed by atoms with van der Waals surface area (Å²) in [5.74, 6) is 2.72. The molecule has 34 heavy (non-hydrogen) atoms. The topological polar surface area (TPSA) is 7.12 Å². The van der Waals surface area contributed by atoms with Gasteiger partial charge in [-0.25, -0.2) is 0 Å². The fourth-order valence-electron chi connectivity index (χ4n) is 3.23. The molecular formula is C25H27F6N2P. The van der Waals surface area contributed by atoms with E-state index < -0.39 is 7.81 Å². The van der Waals surface area contributed by atoms with Crippen LogP contribution in [0.15, 0.2) is 60.8 Å². The van der Waals surface area contributed by atoms with Gasteiger partial charge in [-0.3, -0.25) is 0 Å². The Kier molecular flexibility index (Phi) is 8.06. The SMILES string of the molecule is C#CCCCC[n+]1ccc(/C=C/c2ccc(N(C)C)cc2)c2ccccc21.F[P-](F)(F)(F)(F)F. The van der Waals surface area contributed by atoms with E-state index in [1.165, 1.54) is 27.7 Å². The van der Waals surface area contributed by atoms with Crippen LogP contribution in [0.1, 0.15) is 30.4 Å². The van der Waals surface area contributed by atoms with Gasteiger partial charge in [0, 0.05) is 44.8 Å². The molecule has 0 unspecified atom stereocenters. The average molecular weight is 500 g/mol. The summed E-state index contributed by atoms with van der Waals surface area (Å²) >= 11 is 0. The molecule has 9 heteroatoms. The molecule has 0 atom stereocenters. The van der Waals surface area contributed by atoms with Gasteiger partial charge in [0.15, 0.2) is 6.20 Å². The number of terminal acetylenes is 1. The Labute approximate surface area is 195 Å². The van der Waals surface area contributed by atoms with Crippen molar-refractivity contribution in [3.8, 4) is 12.3 Å². The summed E-state index contributed by atoms with van der Waals surface area (Å²) in [5, 5.41) is 1.28. The number of anilines is 1. The van der Waals surface area contributed by atoms with Crippen molar-refractivity contribution in [2.75, 3.05) is 19.0 Å². The van der Waals surface area contributed by atoms with Crippen molar-refractivity contribution < 1.29 is 29.7 Å². The molecule has 0 bridgehead atoms. The number of para-hydroxylation sites is 1. The second-order valence-electron chi connectivity index (χ2n) is 7.92. The molecule has 0 aliphatic carbocycles. The molecule has 2 nitrogen and oxygen atoms in total. The fraction of sp³-hybridized carbons (Fsp3) is 0.240. The van der Waals surface area contributed by atoms with Gasteiger partial charge in [-0.05, 0) is 35.7 Å². The van der Waals surface area contributed by atoms with Gasteiger partial charge >= 0.3 is 33.0 Å². The number of benzene rings is 2. The first-order chi connectivity index (χ1) is 15.6. The maximum atomic E-state index is 9.87. The van der Waals surface area contributed by atoms with E-state index in [9.17, 15) is 25.2 Å². The van der Waals surface area contributed by atoms with E-state index in [4.69, 9.17) is 6.42 Å². The van der Waals surface area contributed by atoms with Crippen LogP contribution in [0.25, 0.3) is 23.1 Å². The Bertz CT molecular complexity index is 1170. The third kappa shape index (κ3) is 10.7. The van der Waals surface area contributed by atoms with Crippen molar-refractivity contribution in [3.05, 3.63) is 71.9 Å². The van der Waals surface area contributed by atoms with E-state index in [1.54, 1.807) is 0 Å². The van der Waals surface area contributed by atoms with Crippen molar-refractivity contribution in [1.82, 2.24) is 0 Å². The zero-order valence-corrected chi connectivity index (χ0v) is 19.8. The van der Waals surface area contributed by atoms with E-state index in [2.05, 4.69) is 102 Å². The molecule has 3 aromatic rings. The average Bonchev–Trinajstić information content (AvgIpc) is 2.74. The normalized spacial score (nSPS) is 13.5. The van der Waals surface area contributed by atoms with Crippen LogP contribution in [-0.2, 0) is 6.54 Å². The standard InChI is InChI=1S/C25H27N2.F6P/c1-4-5-6-9-19-27-20-18-22(24-10-7-8-11-25(24)27)15-12-21-13-16-23(17-14-21)26(2)3;1-7(2,3,4,5)6/h1,7-8,10-18,20H,5-6,9,19H2,2-3H3;/q+1;-1. The molecule has 0 N–H and O–H groups in total. The van der Waals surface area contributed by atoms with E-state index in [-0.39, 0.29) is 0 Å². The molecule has 0 amide bonds. The van der Waals surface area contributed by atoms with Crippen molar-refractivity contribution >= 4 is 36.6 Å². The Balaban J connectivity index is 0.000000509. The van der Waals surface area contributed by atoms with Gasteiger partial charge in [0.05, 0.1) is 5.39 Å². The van der Waals surface area contributed by atoms with E-state index in [1.807, 2.05) is 0 Å². The predicted molar refractivity (Wildman–Crippen MR) is 130 cm³/mol. The molecule has 2 aromatic carbocycles. The summed E-state index contributed by atoms with van der Waals surface area (Å²) in [6.45, 7) is 0.998. The molecule has 0 radical (unpaired) electrons. The Morgan fingerprint density at radius 1 is 0.882 bits per heavy atom. The van der Waals surface area contributed by atoms with Crippen LogP contribution in [0.5, 0.6) is 0 Å². The maximum absolute atomic E-state index is 10.7. The summed E-state index contributed by atoms with van der Waals surface area (Å²) < 4.78 is 61.5. The molecule has 3 rings (SSSR count). The predicted octanol–water partition coefficient (Wildman–Crippen LogP) is 8.55. The van der Waals surface area contributed by atoms with Crippen LogP contribution in [0, 0.1) is 12.3 Å². The summed E-state index contributed by atoms with van der Waals surface area (Å²) in [7, 11) is -6.54. The van der Waals surface area contributed by atoms with Gasteiger partial charge in [0.1, 0.15) is 6.54 Å². The molecule has 0 aliphatic rings. The molecule has 0 saturated heterocycles. The second kappa shape index (κ2) is 10.1. The first-order valence-electron chi connectivity index (χ1n) is 10.5. The number of halogens is 6. The van der Waals surface area contributed by atoms with Crippen molar-refractivity contribution in [2.24, 2.45) is 0 Å². The second-order valence-corrected chi connectivity index (χ2v) is 9.84. The summed E-state index contributed by atoms with van der Waals surface area (Å²) in [5.41, 5.74) is 4.92. The molecule has 1 aromatic heterocycles. The first-order valence-corrected chi connectivity index (χ1v) is 12.5. The molecule has 0 aliphatic heterocycles. The summed E-state index contributed by atoms with van der Waals surface area (Å²) in [6.07, 6.45) is 15.0. The number of pyridine rings is 1. The van der Waals surface area contributed by atoms with Gasteiger partial charge in [-0.15, -0.1) is 12.3 Å². The Hall–Kier alpha value is -3.04. The number of aromatic nitrogens is 1. The van der Waals surface area contributed by atoms with Crippen molar-refractivity contribution in [2.45, 2.75) is 25.8 Å². The number of fused-ring (bicyclic) bond motifs is 1.